The number of benzene rings is 1. The molecule has 0 unspecified atom stereocenters. The van der Waals surface area contributed by atoms with Gasteiger partial charge in [-0.15, -0.1) is 0 Å². The number of aliphatic hydroxyl groups excluding tert-OH is 1. The number of carbonyl (C=O) groups excluding carboxylic acids is 1. The van der Waals surface area contributed by atoms with Crippen molar-refractivity contribution in [1.82, 2.24) is 4.90 Å². The standard InChI is InChI=1S/C17H23NO2/c1-12-9-14(10-12)17(20)18-8-7-16(19)15(18)11-13-5-3-2-4-6-13/h2-6,12,14-16,19H,7-11H2,1H3/t12?,14?,15-,16-/m0/s1. The third kappa shape index (κ3) is 2.59. The van der Waals surface area contributed by atoms with E-state index in [0.29, 0.717) is 18.9 Å². The number of hydrogen-bond donors (Lipinski definition) is 1. The van der Waals surface area contributed by atoms with Crippen molar-refractivity contribution in [3.8, 4) is 0 Å². The maximum absolute atomic E-state index is 12.5. The molecule has 2 fully saturated rings. The van der Waals surface area contributed by atoms with Crippen molar-refractivity contribution in [2.75, 3.05) is 6.54 Å². The van der Waals surface area contributed by atoms with Gasteiger partial charge in [-0.25, -0.2) is 0 Å². The molecule has 2 aliphatic rings. The molecule has 1 saturated heterocycles. The molecule has 108 valence electrons. The molecule has 0 spiro atoms. The first kappa shape index (κ1) is 13.6. The average molecular weight is 273 g/mol. The number of aliphatic hydroxyl groups is 1. The van der Waals surface area contributed by atoms with Crippen LogP contribution < -0.4 is 0 Å². The van der Waals surface area contributed by atoms with E-state index >= 15 is 0 Å². The minimum atomic E-state index is -0.378. The van der Waals surface area contributed by atoms with Crippen LogP contribution in [0.25, 0.3) is 0 Å². The summed E-state index contributed by atoms with van der Waals surface area (Å²) in [6.07, 6.45) is 3.13. The molecule has 3 rings (SSSR count). The minimum Gasteiger partial charge on any atom is -0.391 e. The highest BCUT2D eigenvalue weighted by Crippen LogP contribution is 2.36. The van der Waals surface area contributed by atoms with Crippen LogP contribution in [0.5, 0.6) is 0 Å². The number of amides is 1. The maximum Gasteiger partial charge on any atom is 0.226 e. The van der Waals surface area contributed by atoms with E-state index in [-0.39, 0.29) is 24.0 Å². The van der Waals surface area contributed by atoms with Gasteiger partial charge in [-0.2, -0.15) is 0 Å². The van der Waals surface area contributed by atoms with Crippen LogP contribution in [0.1, 0.15) is 31.7 Å². The van der Waals surface area contributed by atoms with E-state index in [1.807, 2.05) is 23.1 Å². The second kappa shape index (κ2) is 5.57. The molecule has 3 heteroatoms. The van der Waals surface area contributed by atoms with E-state index in [1.165, 1.54) is 5.56 Å². The van der Waals surface area contributed by atoms with Crippen molar-refractivity contribution >= 4 is 5.91 Å². The lowest BCUT2D eigenvalue weighted by molar-refractivity contribution is -0.141. The van der Waals surface area contributed by atoms with Crippen LogP contribution >= 0.6 is 0 Å². The van der Waals surface area contributed by atoms with E-state index in [2.05, 4.69) is 19.1 Å². The highest BCUT2D eigenvalue weighted by molar-refractivity contribution is 5.80. The Morgan fingerprint density at radius 1 is 1.30 bits per heavy atom. The number of hydrogen-bond acceptors (Lipinski definition) is 2. The number of likely N-dealkylation sites (tertiary alicyclic amines) is 1. The number of carbonyl (C=O) groups is 1. The summed E-state index contributed by atoms with van der Waals surface area (Å²) in [4.78, 5) is 14.5. The van der Waals surface area contributed by atoms with E-state index in [1.54, 1.807) is 0 Å². The molecule has 0 bridgehead atoms. The van der Waals surface area contributed by atoms with Crippen LogP contribution in [0.4, 0.5) is 0 Å². The first-order chi connectivity index (χ1) is 9.65. The SMILES string of the molecule is CC1CC(C(=O)N2CC[C@H](O)[C@@H]2Cc2ccccc2)C1. The number of rotatable bonds is 3. The van der Waals surface area contributed by atoms with Gasteiger partial charge in [0, 0.05) is 12.5 Å². The molecule has 0 aromatic heterocycles. The Hall–Kier alpha value is -1.35. The van der Waals surface area contributed by atoms with Gasteiger partial charge in [-0.1, -0.05) is 37.3 Å². The normalized spacial score (nSPS) is 33.0. The fourth-order valence-corrected chi connectivity index (χ4v) is 3.55. The van der Waals surface area contributed by atoms with Gasteiger partial charge in [-0.05, 0) is 37.2 Å². The zero-order chi connectivity index (χ0) is 14.1. The summed E-state index contributed by atoms with van der Waals surface area (Å²) in [7, 11) is 0. The fourth-order valence-electron chi connectivity index (χ4n) is 3.55. The molecule has 2 atom stereocenters. The Kier molecular flexibility index (Phi) is 3.79. The van der Waals surface area contributed by atoms with Gasteiger partial charge in [0.25, 0.3) is 0 Å². The van der Waals surface area contributed by atoms with E-state index in [9.17, 15) is 9.90 Å². The second-order valence-electron chi connectivity index (χ2n) is 6.42. The molecule has 20 heavy (non-hydrogen) atoms. The first-order valence-corrected chi connectivity index (χ1v) is 7.67. The first-order valence-electron chi connectivity index (χ1n) is 7.67. The van der Waals surface area contributed by atoms with Gasteiger partial charge in [0.2, 0.25) is 5.91 Å². The zero-order valence-corrected chi connectivity index (χ0v) is 12.0. The van der Waals surface area contributed by atoms with Crippen molar-refractivity contribution in [2.24, 2.45) is 11.8 Å². The third-order valence-electron chi connectivity index (χ3n) is 4.80. The van der Waals surface area contributed by atoms with Gasteiger partial charge >= 0.3 is 0 Å². The van der Waals surface area contributed by atoms with Gasteiger partial charge in [-0.3, -0.25) is 4.79 Å². The molecule has 1 saturated carbocycles. The van der Waals surface area contributed by atoms with Gasteiger partial charge in [0.15, 0.2) is 0 Å². The summed E-state index contributed by atoms with van der Waals surface area (Å²) in [6, 6.07) is 10.1. The topological polar surface area (TPSA) is 40.5 Å². The Bertz CT molecular complexity index is 467. The van der Waals surface area contributed by atoms with Crippen LogP contribution in [0.3, 0.4) is 0 Å². The van der Waals surface area contributed by atoms with Crippen molar-refractivity contribution in [2.45, 2.75) is 44.8 Å². The maximum atomic E-state index is 12.5. The second-order valence-corrected chi connectivity index (χ2v) is 6.42. The molecule has 1 amide bonds. The van der Waals surface area contributed by atoms with Crippen LogP contribution in [-0.2, 0) is 11.2 Å². The Balaban J connectivity index is 1.69. The lowest BCUT2D eigenvalue weighted by atomic mass is 9.75. The van der Waals surface area contributed by atoms with Crippen molar-refractivity contribution in [1.29, 1.82) is 0 Å². The highest BCUT2D eigenvalue weighted by atomic mass is 16.3. The van der Waals surface area contributed by atoms with Crippen LogP contribution in [0.2, 0.25) is 0 Å². The van der Waals surface area contributed by atoms with Crippen molar-refractivity contribution in [3.63, 3.8) is 0 Å². The summed E-state index contributed by atoms with van der Waals surface area (Å²) in [5, 5.41) is 10.2. The molecule has 1 aliphatic carbocycles. The molecule has 1 aromatic rings. The molecular formula is C17H23NO2. The third-order valence-corrected chi connectivity index (χ3v) is 4.80. The summed E-state index contributed by atoms with van der Waals surface area (Å²) in [6.45, 7) is 2.91. The lowest BCUT2D eigenvalue weighted by Gasteiger charge is -2.37. The molecule has 3 nitrogen and oxygen atoms in total. The Morgan fingerprint density at radius 3 is 2.65 bits per heavy atom. The van der Waals surface area contributed by atoms with Crippen molar-refractivity contribution in [3.05, 3.63) is 35.9 Å². The van der Waals surface area contributed by atoms with Gasteiger partial charge in [0.05, 0.1) is 12.1 Å². The molecule has 1 heterocycles. The molecular weight excluding hydrogens is 250 g/mol. The summed E-state index contributed by atoms with van der Waals surface area (Å²) in [5.74, 6) is 1.15. The van der Waals surface area contributed by atoms with E-state index in [0.717, 1.165) is 19.3 Å². The molecule has 0 radical (unpaired) electrons. The fraction of sp³-hybridized carbons (Fsp3) is 0.588. The van der Waals surface area contributed by atoms with E-state index < -0.39 is 0 Å². The lowest BCUT2D eigenvalue weighted by Crippen LogP contribution is -2.46. The summed E-state index contributed by atoms with van der Waals surface area (Å²) >= 11 is 0. The Morgan fingerprint density at radius 2 is 2.00 bits per heavy atom. The van der Waals surface area contributed by atoms with Crippen LogP contribution in [0.15, 0.2) is 30.3 Å². The zero-order valence-electron chi connectivity index (χ0n) is 12.0. The quantitative estimate of drug-likeness (QED) is 0.917. The van der Waals surface area contributed by atoms with Crippen molar-refractivity contribution < 1.29 is 9.90 Å². The minimum absolute atomic E-state index is 0.0409. The number of nitrogens with zero attached hydrogens (tertiary/aromatic N) is 1. The van der Waals surface area contributed by atoms with Crippen LogP contribution in [-0.4, -0.2) is 34.6 Å². The molecule has 1 N–H and O–H groups in total. The van der Waals surface area contributed by atoms with Gasteiger partial charge < -0.3 is 10.0 Å². The predicted molar refractivity (Wildman–Crippen MR) is 78.2 cm³/mol. The van der Waals surface area contributed by atoms with E-state index in [4.69, 9.17) is 0 Å². The largest absolute Gasteiger partial charge is 0.391 e. The molecule has 1 aromatic carbocycles. The molecule has 1 aliphatic heterocycles. The highest BCUT2D eigenvalue weighted by Gasteiger charge is 2.41. The Labute approximate surface area is 120 Å². The summed E-state index contributed by atoms with van der Waals surface area (Å²) in [5.41, 5.74) is 1.19. The summed E-state index contributed by atoms with van der Waals surface area (Å²) < 4.78 is 0. The van der Waals surface area contributed by atoms with Gasteiger partial charge in [0.1, 0.15) is 0 Å². The smallest absolute Gasteiger partial charge is 0.226 e. The monoisotopic (exact) mass is 273 g/mol. The van der Waals surface area contributed by atoms with Crippen LogP contribution in [0, 0.1) is 11.8 Å². The predicted octanol–water partition coefficient (Wildman–Crippen LogP) is 2.24. The average Bonchev–Trinajstić information content (AvgIpc) is 2.77.